The van der Waals surface area contributed by atoms with Gasteiger partial charge >= 0.3 is 5.97 Å². The van der Waals surface area contributed by atoms with Crippen molar-refractivity contribution in [1.82, 2.24) is 0 Å². The highest BCUT2D eigenvalue weighted by molar-refractivity contribution is 5.66. The Morgan fingerprint density at radius 1 is 1.36 bits per heavy atom. The molecule has 2 N–H and O–H groups in total. The summed E-state index contributed by atoms with van der Waals surface area (Å²) < 4.78 is 5.84. The first kappa shape index (κ1) is 19.4. The lowest BCUT2D eigenvalue weighted by molar-refractivity contribution is -0.137. The van der Waals surface area contributed by atoms with Crippen molar-refractivity contribution >= 4 is 5.97 Å². The highest BCUT2D eigenvalue weighted by atomic mass is 16.5. The minimum Gasteiger partial charge on any atom is -0.481 e. The fraction of sp³-hybridized carbons (Fsp3) is 0.476. The topological polar surface area (TPSA) is 66.8 Å². The molecule has 0 fully saturated rings. The van der Waals surface area contributed by atoms with Crippen LogP contribution in [0.3, 0.4) is 0 Å². The number of carbonyl (C=O) groups is 1. The van der Waals surface area contributed by atoms with Gasteiger partial charge in [-0.25, -0.2) is 0 Å². The Bertz CT molecular complexity index is 618. The third-order valence-corrected chi connectivity index (χ3v) is 4.49. The second-order valence-corrected chi connectivity index (χ2v) is 6.65. The standard InChI is InChI=1S/C21H28O4/c1-16-7-6-8-17(13-16)14-25-15-19-18(11-12-20(19)22)9-4-2-3-5-10-21(23)24/h2,4,6-8,11,13,19-20,22H,3,5,9-10,12,14-15H2,1H3,(H,23,24)/b4-2-/t19-,20-/m0/s1. The van der Waals surface area contributed by atoms with E-state index in [1.807, 2.05) is 12.1 Å². The Morgan fingerprint density at radius 2 is 2.20 bits per heavy atom. The fourth-order valence-electron chi connectivity index (χ4n) is 3.10. The van der Waals surface area contributed by atoms with Crippen LogP contribution in [-0.2, 0) is 16.1 Å². The Kier molecular flexibility index (Phi) is 7.89. The summed E-state index contributed by atoms with van der Waals surface area (Å²) in [4.78, 5) is 10.5. The number of hydrogen-bond acceptors (Lipinski definition) is 3. The van der Waals surface area contributed by atoms with Gasteiger partial charge in [-0.2, -0.15) is 0 Å². The van der Waals surface area contributed by atoms with Gasteiger partial charge in [-0.3, -0.25) is 4.79 Å². The van der Waals surface area contributed by atoms with E-state index in [-0.39, 0.29) is 18.4 Å². The van der Waals surface area contributed by atoms with Crippen LogP contribution in [0.4, 0.5) is 0 Å². The number of rotatable bonds is 10. The zero-order chi connectivity index (χ0) is 18.1. The van der Waals surface area contributed by atoms with Gasteiger partial charge in [0.1, 0.15) is 0 Å². The number of benzene rings is 1. The number of carboxylic acids is 1. The molecule has 0 saturated heterocycles. The number of aliphatic carboxylic acids is 1. The monoisotopic (exact) mass is 344 g/mol. The third-order valence-electron chi connectivity index (χ3n) is 4.49. The average molecular weight is 344 g/mol. The zero-order valence-electron chi connectivity index (χ0n) is 14.9. The molecule has 0 bridgehead atoms. The van der Waals surface area contributed by atoms with Crippen LogP contribution in [0, 0.1) is 12.8 Å². The predicted molar refractivity (Wildman–Crippen MR) is 98.3 cm³/mol. The van der Waals surface area contributed by atoms with Crippen molar-refractivity contribution in [2.75, 3.05) is 6.61 Å². The number of unbranched alkanes of at least 4 members (excludes halogenated alkanes) is 1. The Balaban J connectivity index is 1.74. The summed E-state index contributed by atoms with van der Waals surface area (Å²) in [5.74, 6) is -0.700. The molecule has 0 heterocycles. The number of carboxylic acid groups (broad SMARTS) is 1. The first-order valence-electron chi connectivity index (χ1n) is 8.93. The minimum atomic E-state index is -0.749. The van der Waals surface area contributed by atoms with Crippen LogP contribution in [0.25, 0.3) is 0 Å². The van der Waals surface area contributed by atoms with E-state index in [0.717, 1.165) is 18.4 Å². The normalized spacial score (nSPS) is 20.2. The smallest absolute Gasteiger partial charge is 0.303 e. The maximum absolute atomic E-state index is 10.5. The van der Waals surface area contributed by atoms with Crippen molar-refractivity contribution in [3.63, 3.8) is 0 Å². The minimum absolute atomic E-state index is 0.0495. The van der Waals surface area contributed by atoms with Gasteiger partial charge < -0.3 is 14.9 Å². The number of allylic oxidation sites excluding steroid dienone is 2. The van der Waals surface area contributed by atoms with Crippen LogP contribution in [0.15, 0.2) is 48.1 Å². The van der Waals surface area contributed by atoms with Gasteiger partial charge in [-0.1, -0.05) is 53.6 Å². The SMILES string of the molecule is Cc1cccc(COC[C@H]2C(C/C=C\CCCC(=O)O)=CC[C@@H]2O)c1. The number of hydrogen-bond donors (Lipinski definition) is 2. The number of ether oxygens (including phenoxy) is 1. The van der Waals surface area contributed by atoms with Crippen LogP contribution in [0.2, 0.25) is 0 Å². The van der Waals surface area contributed by atoms with Crippen LogP contribution in [-0.4, -0.2) is 28.9 Å². The summed E-state index contributed by atoms with van der Waals surface area (Å²) in [5, 5.41) is 18.8. The maximum atomic E-state index is 10.5. The lowest BCUT2D eigenvalue weighted by atomic mass is 9.97. The number of aryl methyl sites for hydroxylation is 1. The first-order chi connectivity index (χ1) is 12.1. The molecule has 136 valence electrons. The molecule has 4 nitrogen and oxygen atoms in total. The maximum Gasteiger partial charge on any atom is 0.303 e. The van der Waals surface area contributed by atoms with E-state index in [4.69, 9.17) is 9.84 Å². The quantitative estimate of drug-likeness (QED) is 0.497. The molecule has 0 radical (unpaired) electrons. The van der Waals surface area contributed by atoms with Gasteiger partial charge in [0.2, 0.25) is 0 Å². The molecule has 0 spiro atoms. The molecule has 2 rings (SSSR count). The van der Waals surface area contributed by atoms with Crippen LogP contribution < -0.4 is 0 Å². The molecule has 1 aliphatic rings. The van der Waals surface area contributed by atoms with Crippen molar-refractivity contribution in [2.24, 2.45) is 5.92 Å². The van der Waals surface area contributed by atoms with E-state index in [2.05, 4.69) is 37.3 Å². The summed E-state index contributed by atoms with van der Waals surface area (Å²) >= 11 is 0. The summed E-state index contributed by atoms with van der Waals surface area (Å²) in [6.45, 7) is 3.14. The van der Waals surface area contributed by atoms with Crippen LogP contribution >= 0.6 is 0 Å². The highest BCUT2D eigenvalue weighted by Gasteiger charge is 2.27. The Labute approximate surface area is 149 Å². The van der Waals surface area contributed by atoms with Gasteiger partial charge in [-0.15, -0.1) is 0 Å². The second kappa shape index (κ2) is 10.2. The summed E-state index contributed by atoms with van der Waals surface area (Å²) in [6, 6.07) is 8.25. The molecule has 2 atom stereocenters. The van der Waals surface area contributed by atoms with E-state index < -0.39 is 5.97 Å². The molecule has 0 saturated carbocycles. The van der Waals surface area contributed by atoms with E-state index in [0.29, 0.717) is 26.1 Å². The van der Waals surface area contributed by atoms with Crippen molar-refractivity contribution in [2.45, 2.75) is 51.7 Å². The van der Waals surface area contributed by atoms with Gasteiger partial charge in [-0.05, 0) is 38.2 Å². The largest absolute Gasteiger partial charge is 0.481 e. The van der Waals surface area contributed by atoms with E-state index in [1.54, 1.807) is 0 Å². The van der Waals surface area contributed by atoms with Gasteiger partial charge in [0.05, 0.1) is 19.3 Å². The average Bonchev–Trinajstić information content (AvgIpc) is 2.91. The summed E-state index contributed by atoms with van der Waals surface area (Å²) in [6.07, 6.45) is 8.95. The predicted octanol–water partition coefficient (Wildman–Crippen LogP) is 4.02. The molecule has 0 aliphatic heterocycles. The van der Waals surface area contributed by atoms with Gasteiger partial charge in [0.25, 0.3) is 0 Å². The Hall–Kier alpha value is -1.91. The van der Waals surface area contributed by atoms with Crippen LogP contribution in [0.5, 0.6) is 0 Å². The first-order valence-corrected chi connectivity index (χ1v) is 8.93. The van der Waals surface area contributed by atoms with Crippen molar-refractivity contribution in [1.29, 1.82) is 0 Å². The molecular weight excluding hydrogens is 316 g/mol. The molecule has 1 aromatic rings. The van der Waals surface area contributed by atoms with E-state index >= 15 is 0 Å². The highest BCUT2D eigenvalue weighted by Crippen LogP contribution is 2.29. The molecule has 4 heteroatoms. The van der Waals surface area contributed by atoms with Crippen molar-refractivity contribution < 1.29 is 19.7 Å². The third kappa shape index (κ3) is 6.85. The number of aliphatic hydroxyl groups excluding tert-OH is 1. The summed E-state index contributed by atoms with van der Waals surface area (Å²) in [5.41, 5.74) is 3.58. The molecular formula is C21H28O4. The molecule has 1 aliphatic carbocycles. The second-order valence-electron chi connectivity index (χ2n) is 6.65. The molecule has 0 aromatic heterocycles. The van der Waals surface area contributed by atoms with E-state index in [9.17, 15) is 9.90 Å². The van der Waals surface area contributed by atoms with Crippen LogP contribution in [0.1, 0.15) is 43.2 Å². The fourth-order valence-corrected chi connectivity index (χ4v) is 3.10. The lowest BCUT2D eigenvalue weighted by Gasteiger charge is -2.18. The summed E-state index contributed by atoms with van der Waals surface area (Å²) in [7, 11) is 0. The molecule has 0 unspecified atom stereocenters. The molecule has 1 aromatic carbocycles. The van der Waals surface area contributed by atoms with Gasteiger partial charge in [0, 0.05) is 12.3 Å². The molecule has 25 heavy (non-hydrogen) atoms. The Morgan fingerprint density at radius 3 is 2.96 bits per heavy atom. The van der Waals surface area contributed by atoms with Crippen molar-refractivity contribution in [3.05, 3.63) is 59.2 Å². The van der Waals surface area contributed by atoms with E-state index in [1.165, 1.54) is 11.1 Å². The zero-order valence-corrected chi connectivity index (χ0v) is 14.9. The van der Waals surface area contributed by atoms with Gasteiger partial charge in [0.15, 0.2) is 0 Å². The van der Waals surface area contributed by atoms with Crippen molar-refractivity contribution in [3.8, 4) is 0 Å². The molecule has 0 amide bonds. The number of aliphatic hydroxyl groups is 1. The lowest BCUT2D eigenvalue weighted by Crippen LogP contribution is -2.22.